The van der Waals surface area contributed by atoms with Gasteiger partial charge in [0.2, 0.25) is 0 Å². The number of aliphatic hydroxyl groups excluding tert-OH is 1. The maximum Gasteiger partial charge on any atom is 0.107 e. The summed E-state index contributed by atoms with van der Waals surface area (Å²) in [6, 6.07) is 3.76. The van der Waals surface area contributed by atoms with Gasteiger partial charge >= 0.3 is 0 Å². The molecule has 1 heterocycles. The second kappa shape index (κ2) is 3.52. The SMILES string of the molecule is OC#CCc1cccnc1. The van der Waals surface area contributed by atoms with Crippen molar-refractivity contribution in [3.05, 3.63) is 30.1 Å². The molecule has 1 aromatic heterocycles. The number of pyridine rings is 1. The van der Waals surface area contributed by atoms with Crippen LogP contribution in [-0.4, -0.2) is 10.1 Å². The fourth-order valence-electron chi connectivity index (χ4n) is 0.644. The van der Waals surface area contributed by atoms with E-state index in [4.69, 9.17) is 5.11 Å². The molecular formula is C8H7NO. The highest BCUT2D eigenvalue weighted by molar-refractivity contribution is 5.15. The Kier molecular flexibility index (Phi) is 2.33. The van der Waals surface area contributed by atoms with E-state index in [1.54, 1.807) is 12.4 Å². The van der Waals surface area contributed by atoms with E-state index >= 15 is 0 Å². The van der Waals surface area contributed by atoms with Crippen molar-refractivity contribution in [3.63, 3.8) is 0 Å². The van der Waals surface area contributed by atoms with Gasteiger partial charge in [0.05, 0.1) is 0 Å². The van der Waals surface area contributed by atoms with Crippen LogP contribution in [0.15, 0.2) is 24.5 Å². The Morgan fingerprint density at radius 1 is 1.60 bits per heavy atom. The molecule has 0 unspecified atom stereocenters. The zero-order valence-electron chi connectivity index (χ0n) is 5.41. The molecule has 0 aromatic carbocycles. The lowest BCUT2D eigenvalue weighted by molar-refractivity contribution is 0.516. The van der Waals surface area contributed by atoms with Crippen LogP contribution in [0.4, 0.5) is 0 Å². The van der Waals surface area contributed by atoms with Gasteiger partial charge in [-0.1, -0.05) is 12.0 Å². The molecule has 10 heavy (non-hydrogen) atoms. The van der Waals surface area contributed by atoms with Gasteiger partial charge in [0, 0.05) is 18.8 Å². The minimum atomic E-state index is 0.560. The van der Waals surface area contributed by atoms with Gasteiger partial charge in [0.25, 0.3) is 0 Å². The van der Waals surface area contributed by atoms with Gasteiger partial charge in [0.15, 0.2) is 0 Å². The summed E-state index contributed by atoms with van der Waals surface area (Å²) < 4.78 is 0. The maximum absolute atomic E-state index is 8.15. The summed E-state index contributed by atoms with van der Waals surface area (Å²) >= 11 is 0. The highest BCUT2D eigenvalue weighted by Crippen LogP contribution is 1.94. The van der Waals surface area contributed by atoms with Gasteiger partial charge in [-0.05, 0) is 11.6 Å². The molecule has 2 heteroatoms. The van der Waals surface area contributed by atoms with Crippen LogP contribution in [0.3, 0.4) is 0 Å². The van der Waals surface area contributed by atoms with Crippen LogP contribution < -0.4 is 0 Å². The van der Waals surface area contributed by atoms with Crippen molar-refractivity contribution in [1.82, 2.24) is 4.98 Å². The van der Waals surface area contributed by atoms with Crippen molar-refractivity contribution in [1.29, 1.82) is 0 Å². The molecule has 0 spiro atoms. The molecule has 0 atom stereocenters. The quantitative estimate of drug-likeness (QED) is 0.579. The lowest BCUT2D eigenvalue weighted by Gasteiger charge is -1.88. The Labute approximate surface area is 59.5 Å². The number of nitrogens with zero attached hydrogens (tertiary/aromatic N) is 1. The van der Waals surface area contributed by atoms with Gasteiger partial charge in [-0.25, -0.2) is 0 Å². The highest BCUT2D eigenvalue weighted by Gasteiger charge is 1.84. The minimum Gasteiger partial charge on any atom is -0.462 e. The van der Waals surface area contributed by atoms with E-state index in [0.29, 0.717) is 6.42 Å². The van der Waals surface area contributed by atoms with Crippen LogP contribution >= 0.6 is 0 Å². The summed E-state index contributed by atoms with van der Waals surface area (Å²) in [4.78, 5) is 3.89. The fourth-order valence-corrected chi connectivity index (χ4v) is 0.644. The lowest BCUT2D eigenvalue weighted by Crippen LogP contribution is -1.80. The summed E-state index contributed by atoms with van der Waals surface area (Å²) in [5.41, 5.74) is 1.02. The Balaban J connectivity index is 2.64. The number of hydrogen-bond acceptors (Lipinski definition) is 2. The molecular weight excluding hydrogens is 126 g/mol. The van der Waals surface area contributed by atoms with E-state index in [2.05, 4.69) is 10.9 Å². The van der Waals surface area contributed by atoms with Crippen molar-refractivity contribution in [2.45, 2.75) is 6.42 Å². The van der Waals surface area contributed by atoms with Crippen molar-refractivity contribution in [2.75, 3.05) is 0 Å². The first kappa shape index (κ1) is 6.63. The van der Waals surface area contributed by atoms with Crippen molar-refractivity contribution >= 4 is 0 Å². The van der Waals surface area contributed by atoms with Gasteiger partial charge in [0.1, 0.15) is 6.11 Å². The number of aromatic nitrogens is 1. The maximum atomic E-state index is 8.15. The molecule has 0 amide bonds. The molecule has 0 aliphatic rings. The first-order valence-electron chi connectivity index (χ1n) is 2.94. The van der Waals surface area contributed by atoms with Crippen LogP contribution in [0.5, 0.6) is 0 Å². The zero-order chi connectivity index (χ0) is 7.23. The molecule has 0 fully saturated rings. The lowest BCUT2D eigenvalue weighted by atomic mass is 10.2. The normalized spacial score (nSPS) is 8.00. The second-order valence-electron chi connectivity index (χ2n) is 1.83. The summed E-state index contributed by atoms with van der Waals surface area (Å²) in [5, 5.41) is 8.15. The molecule has 0 aliphatic heterocycles. The first-order chi connectivity index (χ1) is 4.93. The predicted octanol–water partition coefficient (Wildman–Crippen LogP) is 0.957. The molecule has 0 radical (unpaired) electrons. The van der Waals surface area contributed by atoms with E-state index in [1.165, 1.54) is 0 Å². The standard InChI is InChI=1S/C8H7NO/c10-6-2-4-8-3-1-5-9-7-8/h1,3,5,7,10H,4H2. The average molecular weight is 133 g/mol. The van der Waals surface area contributed by atoms with Gasteiger partial charge in [-0.2, -0.15) is 0 Å². The summed E-state index contributed by atoms with van der Waals surface area (Å²) in [7, 11) is 0. The summed E-state index contributed by atoms with van der Waals surface area (Å²) in [6.07, 6.45) is 5.83. The number of rotatable bonds is 1. The molecule has 0 bridgehead atoms. The Morgan fingerprint density at radius 3 is 3.10 bits per heavy atom. The molecule has 1 rings (SSSR count). The van der Waals surface area contributed by atoms with Crippen molar-refractivity contribution in [2.24, 2.45) is 0 Å². The topological polar surface area (TPSA) is 33.1 Å². The third-order valence-electron chi connectivity index (χ3n) is 1.09. The average Bonchev–Trinajstić information content (AvgIpc) is 2.03. The first-order valence-corrected chi connectivity index (χ1v) is 2.94. The Bertz CT molecular complexity index is 245. The molecule has 1 N–H and O–H groups in total. The molecule has 0 saturated heterocycles. The predicted molar refractivity (Wildman–Crippen MR) is 37.7 cm³/mol. The fraction of sp³-hybridized carbons (Fsp3) is 0.125. The van der Waals surface area contributed by atoms with E-state index in [-0.39, 0.29) is 0 Å². The smallest absolute Gasteiger partial charge is 0.107 e. The molecule has 0 saturated carbocycles. The number of aliphatic hydroxyl groups is 1. The molecule has 50 valence electrons. The van der Waals surface area contributed by atoms with Crippen molar-refractivity contribution in [3.8, 4) is 12.0 Å². The molecule has 2 nitrogen and oxygen atoms in total. The minimum absolute atomic E-state index is 0.560. The molecule has 1 aromatic rings. The Morgan fingerprint density at radius 2 is 2.50 bits per heavy atom. The van der Waals surface area contributed by atoms with E-state index in [1.807, 2.05) is 18.2 Å². The second-order valence-corrected chi connectivity index (χ2v) is 1.83. The van der Waals surface area contributed by atoms with Gasteiger partial charge in [-0.15, -0.1) is 0 Å². The third kappa shape index (κ3) is 1.79. The highest BCUT2D eigenvalue weighted by atomic mass is 16.2. The van der Waals surface area contributed by atoms with Crippen LogP contribution in [-0.2, 0) is 6.42 Å². The van der Waals surface area contributed by atoms with Crippen LogP contribution in [0.2, 0.25) is 0 Å². The summed E-state index contributed by atoms with van der Waals surface area (Å²) in [6.45, 7) is 0. The van der Waals surface area contributed by atoms with E-state index in [0.717, 1.165) is 5.56 Å². The van der Waals surface area contributed by atoms with E-state index < -0.39 is 0 Å². The van der Waals surface area contributed by atoms with E-state index in [9.17, 15) is 0 Å². The largest absolute Gasteiger partial charge is 0.462 e. The van der Waals surface area contributed by atoms with Gasteiger partial charge in [-0.3, -0.25) is 4.98 Å². The zero-order valence-corrected chi connectivity index (χ0v) is 5.41. The third-order valence-corrected chi connectivity index (χ3v) is 1.09. The van der Waals surface area contributed by atoms with Crippen molar-refractivity contribution < 1.29 is 5.11 Å². The van der Waals surface area contributed by atoms with Crippen LogP contribution in [0.25, 0.3) is 0 Å². The van der Waals surface area contributed by atoms with Crippen LogP contribution in [0.1, 0.15) is 5.56 Å². The summed E-state index contributed by atoms with van der Waals surface area (Å²) in [5.74, 6) is 2.53. The monoisotopic (exact) mass is 133 g/mol. The Hall–Kier alpha value is -1.49. The molecule has 0 aliphatic carbocycles. The number of hydrogen-bond donors (Lipinski definition) is 1. The van der Waals surface area contributed by atoms with Crippen LogP contribution in [0, 0.1) is 12.0 Å². The van der Waals surface area contributed by atoms with Gasteiger partial charge < -0.3 is 5.11 Å².